The molecule has 0 aliphatic heterocycles. The number of hydrogen-bond donors (Lipinski definition) is 0. The highest BCUT2D eigenvalue weighted by atomic mass is 16.7. The van der Waals surface area contributed by atoms with Crippen LogP contribution in [0.15, 0.2) is 59.8 Å². The monoisotopic (exact) mass is 255 g/mol. The molecular weight excluding hydrogens is 242 g/mol. The minimum atomic E-state index is -0.481. The molecule has 96 valence electrons. The van der Waals surface area contributed by atoms with Crippen molar-refractivity contribution in [1.82, 2.24) is 0 Å². The number of benzene rings is 2. The Labute approximate surface area is 111 Å². The van der Waals surface area contributed by atoms with Crippen LogP contribution < -0.4 is 4.74 Å². The highest BCUT2D eigenvalue weighted by Gasteiger charge is 2.04. The van der Waals surface area contributed by atoms with Gasteiger partial charge in [0.25, 0.3) is 0 Å². The van der Waals surface area contributed by atoms with Gasteiger partial charge in [-0.15, -0.1) is 0 Å². The van der Waals surface area contributed by atoms with Gasteiger partial charge in [0, 0.05) is 0 Å². The van der Waals surface area contributed by atoms with Crippen LogP contribution in [0.2, 0.25) is 0 Å². The third-order valence-corrected chi connectivity index (χ3v) is 2.46. The first kappa shape index (κ1) is 12.8. The van der Waals surface area contributed by atoms with Crippen molar-refractivity contribution in [2.75, 3.05) is 7.11 Å². The Morgan fingerprint density at radius 1 is 1.05 bits per heavy atom. The average Bonchev–Trinajstić information content (AvgIpc) is 2.49. The lowest BCUT2D eigenvalue weighted by molar-refractivity contribution is 0.0519. The Morgan fingerprint density at radius 3 is 2.37 bits per heavy atom. The number of carbonyl (C=O) groups excluding carboxylic acids is 1. The summed E-state index contributed by atoms with van der Waals surface area (Å²) in [7, 11) is 1.60. The summed E-state index contributed by atoms with van der Waals surface area (Å²) >= 11 is 0. The van der Waals surface area contributed by atoms with Crippen LogP contribution in [0.5, 0.6) is 5.75 Å². The van der Waals surface area contributed by atoms with E-state index in [4.69, 9.17) is 9.57 Å². The maximum Gasteiger partial charge on any atom is 0.365 e. The highest BCUT2D eigenvalue weighted by Crippen LogP contribution is 2.10. The number of rotatable bonds is 4. The number of hydrogen-bond acceptors (Lipinski definition) is 4. The van der Waals surface area contributed by atoms with Gasteiger partial charge in [0.15, 0.2) is 0 Å². The fourth-order valence-electron chi connectivity index (χ4n) is 1.45. The molecule has 0 atom stereocenters. The molecule has 4 nitrogen and oxygen atoms in total. The quantitative estimate of drug-likeness (QED) is 0.479. The standard InChI is InChI=1S/C15H13NO3/c1-18-14-9-7-12(8-10-14)11-16-19-15(17)13-5-3-2-4-6-13/h2-11H,1H3/b16-11-. The summed E-state index contributed by atoms with van der Waals surface area (Å²) < 4.78 is 5.04. The Morgan fingerprint density at radius 2 is 1.74 bits per heavy atom. The maximum atomic E-state index is 11.6. The van der Waals surface area contributed by atoms with Gasteiger partial charge >= 0.3 is 5.97 Å². The molecule has 2 rings (SSSR count). The van der Waals surface area contributed by atoms with E-state index in [2.05, 4.69) is 5.16 Å². The van der Waals surface area contributed by atoms with Crippen LogP contribution in [-0.4, -0.2) is 19.3 Å². The SMILES string of the molecule is COc1ccc(/C=N\OC(=O)c2ccccc2)cc1. The number of carbonyl (C=O) groups is 1. The molecule has 2 aromatic carbocycles. The van der Waals surface area contributed by atoms with E-state index in [1.165, 1.54) is 6.21 Å². The van der Waals surface area contributed by atoms with Gasteiger partial charge in [0.2, 0.25) is 0 Å². The summed E-state index contributed by atoms with van der Waals surface area (Å²) in [6, 6.07) is 16.0. The second-order valence-corrected chi connectivity index (χ2v) is 3.75. The number of oxime groups is 1. The molecule has 0 heterocycles. The predicted octanol–water partition coefficient (Wildman–Crippen LogP) is 2.89. The van der Waals surface area contributed by atoms with E-state index in [0.29, 0.717) is 5.56 Å². The van der Waals surface area contributed by atoms with Crippen LogP contribution in [0.4, 0.5) is 0 Å². The topological polar surface area (TPSA) is 47.9 Å². The normalized spacial score (nSPS) is 10.4. The van der Waals surface area contributed by atoms with Gasteiger partial charge in [-0.3, -0.25) is 0 Å². The van der Waals surface area contributed by atoms with E-state index in [-0.39, 0.29) is 0 Å². The van der Waals surface area contributed by atoms with Crippen molar-refractivity contribution in [2.45, 2.75) is 0 Å². The number of ether oxygens (including phenoxy) is 1. The zero-order valence-corrected chi connectivity index (χ0v) is 10.4. The average molecular weight is 255 g/mol. The lowest BCUT2D eigenvalue weighted by Crippen LogP contribution is -2.00. The van der Waals surface area contributed by atoms with Crippen molar-refractivity contribution in [1.29, 1.82) is 0 Å². The van der Waals surface area contributed by atoms with Gasteiger partial charge in [0.1, 0.15) is 5.75 Å². The zero-order valence-electron chi connectivity index (χ0n) is 10.4. The lowest BCUT2D eigenvalue weighted by atomic mass is 10.2. The highest BCUT2D eigenvalue weighted by molar-refractivity contribution is 5.90. The molecule has 0 aliphatic rings. The van der Waals surface area contributed by atoms with Crippen molar-refractivity contribution >= 4 is 12.2 Å². The Kier molecular flexibility index (Phi) is 4.29. The molecule has 4 heteroatoms. The molecule has 0 aromatic heterocycles. The second-order valence-electron chi connectivity index (χ2n) is 3.75. The molecule has 0 saturated carbocycles. The van der Waals surface area contributed by atoms with Crippen molar-refractivity contribution in [3.8, 4) is 5.75 Å². The number of methoxy groups -OCH3 is 1. The maximum absolute atomic E-state index is 11.6. The van der Waals surface area contributed by atoms with E-state index < -0.39 is 5.97 Å². The molecule has 0 spiro atoms. The fourth-order valence-corrected chi connectivity index (χ4v) is 1.45. The smallest absolute Gasteiger partial charge is 0.365 e. The first-order valence-corrected chi connectivity index (χ1v) is 5.73. The van der Waals surface area contributed by atoms with Gasteiger partial charge in [-0.05, 0) is 42.0 Å². The first-order chi connectivity index (χ1) is 9.29. The van der Waals surface area contributed by atoms with Gasteiger partial charge in [-0.25, -0.2) is 4.79 Å². The molecular formula is C15H13NO3. The molecule has 19 heavy (non-hydrogen) atoms. The second kappa shape index (κ2) is 6.35. The summed E-state index contributed by atoms with van der Waals surface area (Å²) in [5, 5.41) is 3.66. The van der Waals surface area contributed by atoms with Crippen molar-refractivity contribution < 1.29 is 14.4 Å². The van der Waals surface area contributed by atoms with Gasteiger partial charge in [-0.1, -0.05) is 23.4 Å². The van der Waals surface area contributed by atoms with Crippen LogP contribution in [0.1, 0.15) is 15.9 Å². The van der Waals surface area contributed by atoms with Crippen LogP contribution in [-0.2, 0) is 4.84 Å². The number of nitrogens with zero attached hydrogens (tertiary/aromatic N) is 1. The zero-order chi connectivity index (χ0) is 13.5. The summed E-state index contributed by atoms with van der Waals surface area (Å²) in [4.78, 5) is 16.4. The van der Waals surface area contributed by atoms with Crippen molar-refractivity contribution in [3.63, 3.8) is 0 Å². The summed E-state index contributed by atoms with van der Waals surface area (Å²) in [5.41, 5.74) is 1.29. The summed E-state index contributed by atoms with van der Waals surface area (Å²) in [6.07, 6.45) is 1.47. The third kappa shape index (κ3) is 3.67. The lowest BCUT2D eigenvalue weighted by Gasteiger charge is -1.99. The largest absolute Gasteiger partial charge is 0.497 e. The predicted molar refractivity (Wildman–Crippen MR) is 72.4 cm³/mol. The van der Waals surface area contributed by atoms with Crippen LogP contribution in [0.3, 0.4) is 0 Å². The Balaban J connectivity index is 1.94. The van der Waals surface area contributed by atoms with Gasteiger partial charge in [-0.2, -0.15) is 0 Å². The first-order valence-electron chi connectivity index (χ1n) is 5.73. The van der Waals surface area contributed by atoms with E-state index in [1.807, 2.05) is 18.2 Å². The minimum absolute atomic E-state index is 0.467. The van der Waals surface area contributed by atoms with Gasteiger partial charge in [0.05, 0.1) is 18.9 Å². The molecule has 0 fully saturated rings. The molecule has 0 bridgehead atoms. The Bertz CT molecular complexity index is 562. The van der Waals surface area contributed by atoms with Gasteiger partial charge < -0.3 is 9.57 Å². The fraction of sp³-hybridized carbons (Fsp3) is 0.0667. The molecule has 0 amide bonds. The van der Waals surface area contributed by atoms with Crippen LogP contribution in [0.25, 0.3) is 0 Å². The van der Waals surface area contributed by atoms with E-state index in [9.17, 15) is 4.79 Å². The van der Waals surface area contributed by atoms with Crippen molar-refractivity contribution in [3.05, 3.63) is 65.7 Å². The Hall–Kier alpha value is -2.62. The summed E-state index contributed by atoms with van der Waals surface area (Å²) in [5.74, 6) is 0.281. The summed E-state index contributed by atoms with van der Waals surface area (Å²) in [6.45, 7) is 0. The van der Waals surface area contributed by atoms with E-state index >= 15 is 0 Å². The van der Waals surface area contributed by atoms with E-state index in [0.717, 1.165) is 11.3 Å². The van der Waals surface area contributed by atoms with Crippen molar-refractivity contribution in [2.24, 2.45) is 5.16 Å². The molecule has 0 N–H and O–H groups in total. The molecule has 0 saturated heterocycles. The van der Waals surface area contributed by atoms with Crippen LogP contribution >= 0.6 is 0 Å². The molecule has 2 aromatic rings. The van der Waals surface area contributed by atoms with E-state index in [1.54, 1.807) is 43.5 Å². The molecule has 0 unspecified atom stereocenters. The minimum Gasteiger partial charge on any atom is -0.497 e. The van der Waals surface area contributed by atoms with Crippen LogP contribution in [0, 0.1) is 0 Å². The molecule has 0 aliphatic carbocycles. The molecule has 0 radical (unpaired) electrons. The third-order valence-electron chi connectivity index (χ3n) is 2.46.